The maximum Gasteiger partial charge on any atom is 0.461 e. The molecule has 0 aromatic heterocycles. The van der Waals surface area contributed by atoms with Crippen LogP contribution in [-0.4, -0.2) is 17.9 Å². The van der Waals surface area contributed by atoms with Gasteiger partial charge in [0, 0.05) is 6.42 Å². The zero-order valence-corrected chi connectivity index (χ0v) is 10.0. The molecular formula is C10H5Cl2F5O. The first-order valence-corrected chi connectivity index (χ1v) is 5.23. The van der Waals surface area contributed by atoms with Crippen LogP contribution >= 0.6 is 23.2 Å². The Morgan fingerprint density at radius 2 is 1.67 bits per heavy atom. The topological polar surface area (TPSA) is 17.1 Å². The Hall–Kier alpha value is -0.880. The maximum absolute atomic E-state index is 12.7. The molecule has 0 aliphatic rings. The normalized spacial score (nSPS) is 12.6. The monoisotopic (exact) mass is 306 g/mol. The molecule has 1 aromatic rings. The number of carbonyl (C=O) groups is 1. The van der Waals surface area contributed by atoms with Crippen LogP contribution in [-0.2, 0) is 11.2 Å². The Morgan fingerprint density at radius 3 is 2.17 bits per heavy atom. The summed E-state index contributed by atoms with van der Waals surface area (Å²) in [5.41, 5.74) is -0.182. The number of rotatable bonds is 3. The van der Waals surface area contributed by atoms with Crippen molar-refractivity contribution in [3.05, 3.63) is 33.8 Å². The third-order valence-electron chi connectivity index (χ3n) is 2.09. The van der Waals surface area contributed by atoms with Crippen LogP contribution in [0.1, 0.15) is 5.56 Å². The van der Waals surface area contributed by atoms with Crippen molar-refractivity contribution < 1.29 is 26.7 Å². The lowest BCUT2D eigenvalue weighted by Gasteiger charge is -2.18. The fourth-order valence-corrected chi connectivity index (χ4v) is 1.51. The Kier molecular flexibility index (Phi) is 4.23. The largest absolute Gasteiger partial charge is 0.461 e. The zero-order valence-electron chi connectivity index (χ0n) is 8.49. The molecule has 0 amide bonds. The van der Waals surface area contributed by atoms with Crippen molar-refractivity contribution in [2.24, 2.45) is 0 Å². The predicted octanol–water partition coefficient (Wildman–Crippen LogP) is 4.30. The second-order valence-electron chi connectivity index (χ2n) is 3.39. The van der Waals surface area contributed by atoms with E-state index in [0.29, 0.717) is 0 Å². The van der Waals surface area contributed by atoms with Gasteiger partial charge in [-0.2, -0.15) is 22.0 Å². The van der Waals surface area contributed by atoms with Gasteiger partial charge in [0.2, 0.25) is 5.78 Å². The number of hydrogen-bond donors (Lipinski definition) is 0. The lowest BCUT2D eigenvalue weighted by molar-refractivity contribution is -0.268. The van der Waals surface area contributed by atoms with Gasteiger partial charge in [0.1, 0.15) is 0 Å². The van der Waals surface area contributed by atoms with Crippen molar-refractivity contribution in [3.63, 3.8) is 0 Å². The highest BCUT2D eigenvalue weighted by Gasteiger charge is 2.62. The predicted molar refractivity (Wildman–Crippen MR) is 56.2 cm³/mol. The van der Waals surface area contributed by atoms with E-state index in [2.05, 4.69) is 0 Å². The summed E-state index contributed by atoms with van der Waals surface area (Å²) >= 11 is 11.1. The highest BCUT2D eigenvalue weighted by Crippen LogP contribution is 2.37. The third-order valence-corrected chi connectivity index (χ3v) is 2.95. The van der Waals surface area contributed by atoms with Crippen molar-refractivity contribution in [1.29, 1.82) is 0 Å². The van der Waals surface area contributed by atoms with Gasteiger partial charge < -0.3 is 0 Å². The van der Waals surface area contributed by atoms with Gasteiger partial charge in [-0.05, 0) is 11.6 Å². The Bertz CT molecular complexity index is 470. The van der Waals surface area contributed by atoms with Crippen molar-refractivity contribution in [3.8, 4) is 0 Å². The first-order valence-electron chi connectivity index (χ1n) is 4.48. The third kappa shape index (κ3) is 2.92. The van der Waals surface area contributed by atoms with E-state index in [0.717, 1.165) is 6.07 Å². The Balaban J connectivity index is 2.99. The summed E-state index contributed by atoms with van der Waals surface area (Å²) in [6.45, 7) is 0. The molecule has 8 heteroatoms. The lowest BCUT2D eigenvalue weighted by Crippen LogP contribution is -2.44. The summed E-state index contributed by atoms with van der Waals surface area (Å²) in [4.78, 5) is 11.0. The second-order valence-corrected chi connectivity index (χ2v) is 4.17. The molecule has 18 heavy (non-hydrogen) atoms. The average molecular weight is 307 g/mol. The molecule has 1 aromatic carbocycles. The minimum absolute atomic E-state index is 0.0303. The molecule has 0 radical (unpaired) electrons. The molecule has 0 saturated heterocycles. The van der Waals surface area contributed by atoms with Crippen LogP contribution in [0.5, 0.6) is 0 Å². The van der Waals surface area contributed by atoms with E-state index < -0.39 is 24.3 Å². The van der Waals surface area contributed by atoms with E-state index in [1.165, 1.54) is 12.1 Å². The van der Waals surface area contributed by atoms with Gasteiger partial charge >= 0.3 is 12.1 Å². The molecular weight excluding hydrogens is 302 g/mol. The van der Waals surface area contributed by atoms with E-state index in [4.69, 9.17) is 23.2 Å². The minimum atomic E-state index is -5.92. The van der Waals surface area contributed by atoms with Crippen LogP contribution in [0.15, 0.2) is 18.2 Å². The lowest BCUT2D eigenvalue weighted by atomic mass is 10.0. The highest BCUT2D eigenvalue weighted by molar-refractivity contribution is 6.42. The molecule has 100 valence electrons. The van der Waals surface area contributed by atoms with Gasteiger partial charge in [0.25, 0.3) is 0 Å². The molecule has 0 aliphatic carbocycles. The first kappa shape index (κ1) is 15.2. The summed E-state index contributed by atoms with van der Waals surface area (Å²) in [7, 11) is 0. The molecule has 0 unspecified atom stereocenters. The number of Topliss-reactive ketones (excluding diaryl/α,β-unsaturated/α-hetero) is 1. The van der Waals surface area contributed by atoms with Crippen LogP contribution in [0, 0.1) is 0 Å². The van der Waals surface area contributed by atoms with E-state index in [9.17, 15) is 26.7 Å². The van der Waals surface area contributed by atoms with Crippen LogP contribution in [0.25, 0.3) is 0 Å². The molecule has 0 spiro atoms. The van der Waals surface area contributed by atoms with Gasteiger partial charge in [0.05, 0.1) is 10.0 Å². The number of carbonyl (C=O) groups excluding carboxylic acids is 1. The van der Waals surface area contributed by atoms with Gasteiger partial charge in [0.15, 0.2) is 0 Å². The number of alkyl halides is 5. The van der Waals surface area contributed by atoms with Gasteiger partial charge in [-0.25, -0.2) is 0 Å². The van der Waals surface area contributed by atoms with Crippen LogP contribution in [0.4, 0.5) is 22.0 Å². The average Bonchev–Trinajstić information content (AvgIpc) is 2.23. The summed E-state index contributed by atoms with van der Waals surface area (Å²) in [5.74, 6) is -7.68. The van der Waals surface area contributed by atoms with Gasteiger partial charge in [-0.1, -0.05) is 35.3 Å². The Labute approximate surface area is 108 Å². The van der Waals surface area contributed by atoms with Crippen LogP contribution in [0.3, 0.4) is 0 Å². The molecule has 0 atom stereocenters. The number of ketones is 1. The summed E-state index contributed by atoms with van der Waals surface area (Å²) in [5, 5.41) is -0.247. The van der Waals surface area contributed by atoms with Crippen molar-refractivity contribution in [1.82, 2.24) is 0 Å². The quantitative estimate of drug-likeness (QED) is 0.761. The van der Waals surface area contributed by atoms with Gasteiger partial charge in [-0.15, -0.1) is 0 Å². The number of halogens is 7. The molecule has 0 aliphatic heterocycles. The SMILES string of the molecule is O=C(Cc1cccc(Cl)c1Cl)C(F)(F)C(F)(F)F. The minimum Gasteiger partial charge on any atom is -0.292 e. The standard InChI is InChI=1S/C10H5Cl2F5O/c11-6-3-1-2-5(8(6)12)4-7(18)9(13,14)10(15,16)17/h1-3H,4H2. The van der Waals surface area contributed by atoms with E-state index in [-0.39, 0.29) is 15.6 Å². The summed E-state index contributed by atoms with van der Waals surface area (Å²) < 4.78 is 61.2. The van der Waals surface area contributed by atoms with Crippen LogP contribution in [0.2, 0.25) is 10.0 Å². The molecule has 0 fully saturated rings. The molecule has 0 heterocycles. The summed E-state index contributed by atoms with van der Waals surface area (Å²) in [6.07, 6.45) is -7.07. The van der Waals surface area contributed by atoms with Crippen molar-refractivity contribution >= 4 is 29.0 Å². The fraction of sp³-hybridized carbons (Fsp3) is 0.300. The first-order chi connectivity index (χ1) is 8.07. The fourth-order valence-electron chi connectivity index (χ4n) is 1.13. The van der Waals surface area contributed by atoms with Crippen LogP contribution < -0.4 is 0 Å². The van der Waals surface area contributed by atoms with Crippen molar-refractivity contribution in [2.75, 3.05) is 0 Å². The molecule has 0 bridgehead atoms. The molecule has 0 N–H and O–H groups in total. The number of benzene rings is 1. The van der Waals surface area contributed by atoms with Crippen molar-refractivity contribution in [2.45, 2.75) is 18.5 Å². The van der Waals surface area contributed by atoms with E-state index in [1.807, 2.05) is 0 Å². The zero-order chi connectivity index (χ0) is 14.1. The highest BCUT2D eigenvalue weighted by atomic mass is 35.5. The second kappa shape index (κ2) is 5.01. The van der Waals surface area contributed by atoms with E-state index in [1.54, 1.807) is 0 Å². The Morgan fingerprint density at radius 1 is 1.11 bits per heavy atom. The van der Waals surface area contributed by atoms with E-state index >= 15 is 0 Å². The van der Waals surface area contributed by atoms with Gasteiger partial charge in [-0.3, -0.25) is 4.79 Å². The maximum atomic E-state index is 12.7. The summed E-state index contributed by atoms with van der Waals surface area (Å²) in [6, 6.07) is 3.76. The molecule has 1 nitrogen and oxygen atoms in total. The number of hydrogen-bond acceptors (Lipinski definition) is 1. The molecule has 0 saturated carbocycles. The molecule has 1 rings (SSSR count). The smallest absolute Gasteiger partial charge is 0.292 e.